The monoisotopic (exact) mass is 335 g/mol. The molecular weight excluding hydrogens is 324 g/mol. The Labute approximate surface area is 136 Å². The fraction of sp³-hybridized carbons (Fsp3) is 0.176. The number of rotatable bonds is 4. The number of methoxy groups -OCH3 is 1. The lowest BCUT2D eigenvalue weighted by Gasteiger charge is -2.12. The molecule has 2 aromatic carbocycles. The molecule has 0 bridgehead atoms. The summed E-state index contributed by atoms with van der Waals surface area (Å²) < 4.78 is 32.3. The van der Waals surface area contributed by atoms with Crippen molar-refractivity contribution in [2.75, 3.05) is 7.11 Å². The zero-order valence-electron chi connectivity index (χ0n) is 12.2. The van der Waals surface area contributed by atoms with E-state index in [0.29, 0.717) is 23.2 Å². The van der Waals surface area contributed by atoms with Gasteiger partial charge in [-0.3, -0.25) is 9.79 Å². The Morgan fingerprint density at radius 2 is 2.09 bits per heavy atom. The zero-order chi connectivity index (χ0) is 16.6. The molecule has 1 heterocycles. The highest BCUT2D eigenvalue weighted by atomic mass is 35.5. The number of aliphatic imine (C=N–C) groups is 1. The first kappa shape index (κ1) is 15.6. The van der Waals surface area contributed by atoms with Crippen molar-refractivity contribution in [1.29, 1.82) is 0 Å². The van der Waals surface area contributed by atoms with E-state index < -0.39 is 11.6 Å². The normalized spacial score (nSPS) is 12.3. The van der Waals surface area contributed by atoms with Crippen LogP contribution in [0.15, 0.2) is 29.3 Å². The van der Waals surface area contributed by atoms with E-state index in [9.17, 15) is 13.6 Å². The quantitative estimate of drug-likeness (QED) is 0.781. The first-order valence-corrected chi connectivity index (χ1v) is 7.28. The molecule has 0 saturated carbocycles. The Bertz CT molecular complexity index is 834. The maximum absolute atomic E-state index is 14.1. The van der Waals surface area contributed by atoms with Crippen LogP contribution in [-0.4, -0.2) is 19.1 Å². The van der Waals surface area contributed by atoms with Gasteiger partial charge in [-0.05, 0) is 29.3 Å². The van der Waals surface area contributed by atoms with Crippen molar-refractivity contribution in [1.82, 2.24) is 0 Å². The molecular formula is C17H12ClF2NO2. The molecule has 0 saturated heterocycles. The van der Waals surface area contributed by atoms with Crippen LogP contribution < -0.4 is 4.74 Å². The van der Waals surface area contributed by atoms with Crippen LogP contribution in [0.5, 0.6) is 5.75 Å². The molecule has 0 radical (unpaired) electrons. The Morgan fingerprint density at radius 1 is 1.30 bits per heavy atom. The molecule has 2 aromatic rings. The summed E-state index contributed by atoms with van der Waals surface area (Å²) in [4.78, 5) is 16.6. The van der Waals surface area contributed by atoms with Crippen LogP contribution in [0, 0.1) is 11.6 Å². The van der Waals surface area contributed by atoms with Gasteiger partial charge in [0.1, 0.15) is 11.5 Å². The summed E-state index contributed by atoms with van der Waals surface area (Å²) in [5.74, 6) is -1.43. The third-order valence-electron chi connectivity index (χ3n) is 3.68. The summed E-state index contributed by atoms with van der Waals surface area (Å²) in [5, 5.41) is -0.0511. The maximum atomic E-state index is 14.1. The summed E-state index contributed by atoms with van der Waals surface area (Å²) >= 11 is 5.72. The molecule has 0 N–H and O–H groups in total. The number of nitrogens with zero attached hydrogens (tertiary/aromatic N) is 1. The number of hydrogen-bond acceptors (Lipinski definition) is 3. The lowest BCUT2D eigenvalue weighted by molar-refractivity contribution is 0.0992. The highest BCUT2D eigenvalue weighted by molar-refractivity contribution is 6.30. The maximum Gasteiger partial charge on any atom is 0.180 e. The topological polar surface area (TPSA) is 38.7 Å². The predicted octanol–water partition coefficient (Wildman–Crippen LogP) is 4.31. The number of fused-ring (bicyclic) bond motifs is 1. The molecule has 0 aromatic heterocycles. The summed E-state index contributed by atoms with van der Waals surface area (Å²) in [5.41, 5.74) is 1.82. The van der Waals surface area contributed by atoms with Crippen molar-refractivity contribution in [3.8, 4) is 5.75 Å². The standard InChI is InChI=1S/C17H12ClF2NO2/c1-23-17-14(20)8-11(10-4-5-21-16(10)17)15(22)7-9-2-3-13(19)12(18)6-9/h2-3,5-6,8H,4,7H2,1H3. The number of benzene rings is 2. The van der Waals surface area contributed by atoms with Gasteiger partial charge in [0.2, 0.25) is 0 Å². The first-order chi connectivity index (χ1) is 11.0. The minimum atomic E-state index is -0.634. The molecule has 118 valence electrons. The second-order valence-electron chi connectivity index (χ2n) is 5.13. The largest absolute Gasteiger partial charge is 0.491 e. The van der Waals surface area contributed by atoms with Gasteiger partial charge in [-0.15, -0.1) is 0 Å². The van der Waals surface area contributed by atoms with Gasteiger partial charge in [-0.25, -0.2) is 8.78 Å². The molecule has 0 aliphatic carbocycles. The first-order valence-electron chi connectivity index (χ1n) is 6.90. The summed E-state index contributed by atoms with van der Waals surface area (Å²) in [6, 6.07) is 5.24. The number of Topliss-reactive ketones (excluding diaryl/α,β-unsaturated/α-hetero) is 1. The molecule has 3 rings (SSSR count). The van der Waals surface area contributed by atoms with E-state index in [4.69, 9.17) is 16.3 Å². The summed E-state index contributed by atoms with van der Waals surface area (Å²) in [7, 11) is 1.36. The van der Waals surface area contributed by atoms with Crippen molar-refractivity contribution in [3.63, 3.8) is 0 Å². The van der Waals surface area contributed by atoms with Gasteiger partial charge in [-0.2, -0.15) is 0 Å². The van der Waals surface area contributed by atoms with Crippen LogP contribution in [0.3, 0.4) is 0 Å². The lowest BCUT2D eigenvalue weighted by Crippen LogP contribution is -2.08. The molecule has 0 amide bonds. The van der Waals surface area contributed by atoms with E-state index >= 15 is 0 Å². The SMILES string of the molecule is COc1c(F)cc(C(=O)Cc2ccc(F)c(Cl)c2)c2c1N=CC2. The minimum absolute atomic E-state index is 0.00178. The van der Waals surface area contributed by atoms with Crippen molar-refractivity contribution >= 4 is 29.3 Å². The second-order valence-corrected chi connectivity index (χ2v) is 5.54. The number of hydrogen-bond donors (Lipinski definition) is 0. The van der Waals surface area contributed by atoms with Crippen molar-refractivity contribution in [3.05, 3.63) is 57.6 Å². The lowest BCUT2D eigenvalue weighted by atomic mass is 9.96. The Balaban J connectivity index is 1.96. The molecule has 0 fully saturated rings. The zero-order valence-corrected chi connectivity index (χ0v) is 13.0. The smallest absolute Gasteiger partial charge is 0.180 e. The Morgan fingerprint density at radius 3 is 2.78 bits per heavy atom. The molecule has 1 aliphatic rings. The molecule has 0 atom stereocenters. The van der Waals surface area contributed by atoms with E-state index in [-0.39, 0.29) is 28.5 Å². The minimum Gasteiger partial charge on any atom is -0.491 e. The van der Waals surface area contributed by atoms with Crippen LogP contribution in [-0.2, 0) is 12.8 Å². The molecule has 1 aliphatic heterocycles. The highest BCUT2D eigenvalue weighted by Crippen LogP contribution is 2.39. The van der Waals surface area contributed by atoms with Gasteiger partial charge in [0, 0.05) is 24.6 Å². The molecule has 23 heavy (non-hydrogen) atoms. The fourth-order valence-electron chi connectivity index (χ4n) is 2.60. The Hall–Kier alpha value is -2.27. The van der Waals surface area contributed by atoms with Crippen molar-refractivity contribution < 1.29 is 18.3 Å². The Kier molecular flexibility index (Phi) is 4.13. The predicted molar refractivity (Wildman–Crippen MR) is 84.3 cm³/mol. The fourth-order valence-corrected chi connectivity index (χ4v) is 2.80. The molecule has 3 nitrogen and oxygen atoms in total. The highest BCUT2D eigenvalue weighted by Gasteiger charge is 2.24. The van der Waals surface area contributed by atoms with E-state index in [1.54, 1.807) is 6.21 Å². The average molecular weight is 336 g/mol. The number of ether oxygens (including phenoxy) is 1. The number of carbonyl (C=O) groups excluding carboxylic acids is 1. The van der Waals surface area contributed by atoms with Gasteiger partial charge >= 0.3 is 0 Å². The number of ketones is 1. The van der Waals surface area contributed by atoms with Crippen LogP contribution in [0.4, 0.5) is 14.5 Å². The molecule has 6 heteroatoms. The van der Waals surface area contributed by atoms with Gasteiger partial charge in [0.05, 0.1) is 12.1 Å². The van der Waals surface area contributed by atoms with Crippen LogP contribution in [0.25, 0.3) is 0 Å². The van der Waals surface area contributed by atoms with E-state index in [2.05, 4.69) is 4.99 Å². The van der Waals surface area contributed by atoms with Crippen LogP contribution in [0.2, 0.25) is 5.02 Å². The molecule has 0 spiro atoms. The molecule has 0 unspecified atom stereocenters. The van der Waals surface area contributed by atoms with Crippen LogP contribution in [0.1, 0.15) is 21.5 Å². The number of halogens is 3. The van der Waals surface area contributed by atoms with Gasteiger partial charge in [0.15, 0.2) is 17.3 Å². The van der Waals surface area contributed by atoms with Crippen molar-refractivity contribution in [2.24, 2.45) is 4.99 Å². The van der Waals surface area contributed by atoms with Crippen molar-refractivity contribution in [2.45, 2.75) is 12.8 Å². The van der Waals surface area contributed by atoms with Gasteiger partial charge < -0.3 is 4.74 Å². The van der Waals surface area contributed by atoms with Crippen LogP contribution >= 0.6 is 11.6 Å². The third kappa shape index (κ3) is 2.84. The van der Waals surface area contributed by atoms with Gasteiger partial charge in [-0.1, -0.05) is 17.7 Å². The summed E-state index contributed by atoms with van der Waals surface area (Å²) in [6.07, 6.45) is 2.05. The third-order valence-corrected chi connectivity index (χ3v) is 3.97. The number of carbonyl (C=O) groups is 1. The second kappa shape index (κ2) is 6.08. The summed E-state index contributed by atoms with van der Waals surface area (Å²) in [6.45, 7) is 0. The van der Waals surface area contributed by atoms with E-state index in [1.807, 2.05) is 0 Å². The average Bonchev–Trinajstić information content (AvgIpc) is 2.99. The van der Waals surface area contributed by atoms with E-state index in [0.717, 1.165) is 0 Å². The van der Waals surface area contributed by atoms with E-state index in [1.165, 1.54) is 31.4 Å². The van der Waals surface area contributed by atoms with Gasteiger partial charge in [0.25, 0.3) is 0 Å².